The Bertz CT molecular complexity index is 399. The van der Waals surface area contributed by atoms with E-state index in [2.05, 4.69) is 0 Å². The molecular weight excluding hydrogens is 248 g/mol. The third-order valence-corrected chi connectivity index (χ3v) is 4.05. The van der Waals surface area contributed by atoms with Crippen LogP contribution < -0.4 is 0 Å². The van der Waals surface area contributed by atoms with E-state index in [9.17, 15) is 10.5 Å². The first-order valence-corrected chi connectivity index (χ1v) is 5.96. The van der Waals surface area contributed by atoms with Crippen LogP contribution in [0.4, 0.5) is 0 Å². The molecule has 0 N–H and O–H groups in total. The maximum atomic E-state index is 9.53. The van der Waals surface area contributed by atoms with Crippen LogP contribution >= 0.6 is 0 Å². The van der Waals surface area contributed by atoms with Crippen molar-refractivity contribution in [1.29, 1.82) is 10.5 Å². The quantitative estimate of drug-likeness (QED) is 0.698. The summed E-state index contributed by atoms with van der Waals surface area (Å²) in [5.74, 6) is -3.40. The molecule has 0 aromatic heterocycles. The summed E-state index contributed by atoms with van der Waals surface area (Å²) < 4.78 is 21.7. The van der Waals surface area contributed by atoms with Crippen molar-refractivity contribution < 1.29 is 18.9 Å². The van der Waals surface area contributed by atoms with E-state index in [1.165, 1.54) is 28.4 Å². The van der Waals surface area contributed by atoms with Gasteiger partial charge in [0.05, 0.1) is 18.1 Å². The van der Waals surface area contributed by atoms with E-state index >= 15 is 0 Å². The topological polar surface area (TPSA) is 84.5 Å². The second kappa shape index (κ2) is 5.07. The molecule has 1 aliphatic rings. The molecule has 0 spiro atoms. The van der Waals surface area contributed by atoms with Gasteiger partial charge in [-0.15, -0.1) is 0 Å². The molecule has 0 radical (unpaired) electrons. The van der Waals surface area contributed by atoms with Gasteiger partial charge >= 0.3 is 0 Å². The molecule has 1 aliphatic carbocycles. The Hall–Kier alpha value is -1.18. The molecule has 0 amide bonds. The summed E-state index contributed by atoms with van der Waals surface area (Å²) in [6.07, 6.45) is 0. The van der Waals surface area contributed by atoms with E-state index in [1.807, 2.05) is 26.0 Å². The number of methoxy groups -OCH3 is 4. The summed E-state index contributed by atoms with van der Waals surface area (Å²) in [6, 6.07) is 4.08. The lowest BCUT2D eigenvalue weighted by molar-refractivity contribution is -0.503. The van der Waals surface area contributed by atoms with Gasteiger partial charge in [0.25, 0.3) is 5.79 Å². The van der Waals surface area contributed by atoms with Gasteiger partial charge in [-0.3, -0.25) is 0 Å². The van der Waals surface area contributed by atoms with E-state index in [-0.39, 0.29) is 5.92 Å². The van der Waals surface area contributed by atoms with Crippen LogP contribution in [0.5, 0.6) is 0 Å². The van der Waals surface area contributed by atoms with Crippen LogP contribution in [0, 0.1) is 39.9 Å². The Morgan fingerprint density at radius 3 is 1.53 bits per heavy atom. The van der Waals surface area contributed by atoms with E-state index in [0.29, 0.717) is 0 Å². The zero-order chi connectivity index (χ0) is 14.9. The Balaban J connectivity index is 3.57. The fraction of sp³-hybridized carbons (Fsp3) is 0.846. The van der Waals surface area contributed by atoms with E-state index < -0.39 is 22.9 Å². The van der Waals surface area contributed by atoms with Crippen molar-refractivity contribution in [3.05, 3.63) is 0 Å². The van der Waals surface area contributed by atoms with Gasteiger partial charge in [-0.25, -0.2) is 0 Å². The second-order valence-electron chi connectivity index (χ2n) is 4.85. The average Bonchev–Trinajstić information content (AvgIpc) is 2.41. The molecule has 0 unspecified atom stereocenters. The van der Waals surface area contributed by atoms with Crippen LogP contribution in [0.3, 0.4) is 0 Å². The van der Waals surface area contributed by atoms with Gasteiger partial charge in [-0.1, -0.05) is 13.8 Å². The molecule has 19 heavy (non-hydrogen) atoms. The van der Waals surface area contributed by atoms with Gasteiger partial charge < -0.3 is 18.9 Å². The van der Waals surface area contributed by atoms with Crippen molar-refractivity contribution in [2.24, 2.45) is 17.3 Å². The first-order chi connectivity index (χ1) is 8.93. The fourth-order valence-electron chi connectivity index (χ4n) is 3.44. The summed E-state index contributed by atoms with van der Waals surface area (Å²) >= 11 is 0. The second-order valence-corrected chi connectivity index (χ2v) is 4.85. The van der Waals surface area contributed by atoms with Crippen molar-refractivity contribution in [2.75, 3.05) is 28.4 Å². The summed E-state index contributed by atoms with van der Waals surface area (Å²) in [5, 5.41) is 19.1. The van der Waals surface area contributed by atoms with Gasteiger partial charge in [0, 0.05) is 28.4 Å². The minimum absolute atomic E-state index is 0.0300. The molecular formula is C13H20N2O4. The minimum Gasteiger partial charge on any atom is -0.348 e. The van der Waals surface area contributed by atoms with Gasteiger partial charge in [0.15, 0.2) is 0 Å². The predicted molar refractivity (Wildman–Crippen MR) is 65.5 cm³/mol. The summed E-state index contributed by atoms with van der Waals surface area (Å²) in [7, 11) is 5.64. The number of hydrogen-bond acceptors (Lipinski definition) is 6. The average molecular weight is 268 g/mol. The van der Waals surface area contributed by atoms with Crippen LogP contribution in [0.1, 0.15) is 13.8 Å². The number of hydrogen-bond donors (Lipinski definition) is 0. The molecule has 0 saturated heterocycles. The summed E-state index contributed by atoms with van der Waals surface area (Å²) in [6.45, 7) is 3.80. The van der Waals surface area contributed by atoms with Crippen LogP contribution in [0.25, 0.3) is 0 Å². The molecule has 0 aromatic rings. The van der Waals surface area contributed by atoms with Crippen molar-refractivity contribution in [3.8, 4) is 12.1 Å². The van der Waals surface area contributed by atoms with Crippen molar-refractivity contribution in [1.82, 2.24) is 0 Å². The number of nitrogens with zero attached hydrogens (tertiary/aromatic N) is 2. The largest absolute Gasteiger partial charge is 0.348 e. The number of nitriles is 2. The van der Waals surface area contributed by atoms with Gasteiger partial charge in [-0.05, 0) is 5.92 Å². The highest BCUT2D eigenvalue weighted by Gasteiger charge is 2.86. The standard InChI is InChI=1S/C13H20N2O4/c1-9(2)10-11(7-14,8-15)13(18-5,19-6)12(10,16-3)17-4/h9-10H,1-6H3/t10-/m0/s1. The van der Waals surface area contributed by atoms with E-state index in [0.717, 1.165) is 0 Å². The normalized spacial score (nSPS) is 26.3. The number of rotatable bonds is 5. The van der Waals surface area contributed by atoms with Crippen LogP contribution in [-0.4, -0.2) is 40.0 Å². The molecule has 1 atom stereocenters. The zero-order valence-electron chi connectivity index (χ0n) is 12.2. The lowest BCUT2D eigenvalue weighted by Gasteiger charge is -2.66. The predicted octanol–water partition coefficient (Wildman–Crippen LogP) is 1.28. The third kappa shape index (κ3) is 1.43. The highest BCUT2D eigenvalue weighted by molar-refractivity contribution is 5.37. The summed E-state index contributed by atoms with van der Waals surface area (Å²) in [4.78, 5) is 0. The van der Waals surface area contributed by atoms with Crippen molar-refractivity contribution in [3.63, 3.8) is 0 Å². The Labute approximate surface area is 113 Å². The SMILES string of the molecule is COC1(OC)[C@@H](C(C)C)C(C#N)(C#N)C1(OC)OC. The molecule has 1 saturated carbocycles. The molecule has 1 fully saturated rings. The van der Waals surface area contributed by atoms with E-state index in [1.54, 1.807) is 0 Å². The lowest BCUT2D eigenvalue weighted by Crippen LogP contribution is -2.84. The Morgan fingerprint density at radius 2 is 1.32 bits per heavy atom. The molecule has 0 heterocycles. The molecule has 106 valence electrons. The molecule has 1 rings (SSSR count). The van der Waals surface area contributed by atoms with Gasteiger partial charge in [0.1, 0.15) is 0 Å². The highest BCUT2D eigenvalue weighted by atomic mass is 16.8. The first-order valence-electron chi connectivity index (χ1n) is 5.96. The van der Waals surface area contributed by atoms with Gasteiger partial charge in [0.2, 0.25) is 11.2 Å². The highest BCUT2D eigenvalue weighted by Crippen LogP contribution is 2.66. The zero-order valence-corrected chi connectivity index (χ0v) is 12.2. The number of ether oxygens (including phenoxy) is 4. The molecule has 6 heteroatoms. The third-order valence-electron chi connectivity index (χ3n) is 4.05. The first kappa shape index (κ1) is 15.9. The maximum absolute atomic E-state index is 9.53. The maximum Gasteiger partial charge on any atom is 0.257 e. The Kier molecular flexibility index (Phi) is 4.23. The molecule has 6 nitrogen and oxygen atoms in total. The van der Waals surface area contributed by atoms with Gasteiger partial charge in [-0.2, -0.15) is 10.5 Å². The van der Waals surface area contributed by atoms with Crippen LogP contribution in [0.15, 0.2) is 0 Å². The molecule has 0 aromatic carbocycles. The molecule has 0 aliphatic heterocycles. The fourth-order valence-corrected chi connectivity index (χ4v) is 3.44. The minimum atomic E-state index is -1.58. The van der Waals surface area contributed by atoms with Crippen molar-refractivity contribution >= 4 is 0 Å². The van der Waals surface area contributed by atoms with Crippen LogP contribution in [0.2, 0.25) is 0 Å². The van der Waals surface area contributed by atoms with E-state index in [4.69, 9.17) is 18.9 Å². The van der Waals surface area contributed by atoms with Crippen molar-refractivity contribution in [2.45, 2.75) is 25.4 Å². The smallest absolute Gasteiger partial charge is 0.257 e. The molecule has 0 bridgehead atoms. The monoisotopic (exact) mass is 268 g/mol. The van der Waals surface area contributed by atoms with Crippen LogP contribution in [-0.2, 0) is 18.9 Å². The summed E-state index contributed by atoms with van der Waals surface area (Å²) in [5.41, 5.74) is -1.49. The Morgan fingerprint density at radius 1 is 0.895 bits per heavy atom. The lowest BCUT2D eigenvalue weighted by atomic mass is 9.48.